The highest BCUT2D eigenvalue weighted by atomic mass is 79.9. The quantitative estimate of drug-likeness (QED) is 0.887. The highest BCUT2D eigenvalue weighted by Crippen LogP contribution is 2.26. The molecule has 108 valence electrons. The molecule has 0 saturated heterocycles. The van der Waals surface area contributed by atoms with E-state index in [1.54, 1.807) is 25.4 Å². The van der Waals surface area contributed by atoms with Gasteiger partial charge in [0.25, 0.3) is 0 Å². The molecule has 8 heteroatoms. The van der Waals surface area contributed by atoms with Gasteiger partial charge in [0, 0.05) is 16.0 Å². The van der Waals surface area contributed by atoms with Crippen LogP contribution in [0, 0.1) is 5.82 Å². The number of aromatic nitrogens is 1. The summed E-state index contributed by atoms with van der Waals surface area (Å²) in [5, 5.41) is 2.37. The van der Waals surface area contributed by atoms with Crippen LogP contribution in [0.15, 0.2) is 39.1 Å². The monoisotopic (exact) mass is 378 g/mol. The summed E-state index contributed by atoms with van der Waals surface area (Å²) in [6, 6.07) is 3.82. The zero-order valence-corrected chi connectivity index (χ0v) is 13.9. The molecule has 1 heterocycles. The van der Waals surface area contributed by atoms with E-state index >= 15 is 0 Å². The molecule has 0 aliphatic carbocycles. The third kappa shape index (κ3) is 3.25. The molecule has 2 rings (SSSR count). The second kappa shape index (κ2) is 5.51. The molecule has 4 nitrogen and oxygen atoms in total. The largest absolute Gasteiger partial charge is 0.248 e. The lowest BCUT2D eigenvalue weighted by Gasteiger charge is -2.23. The number of thiazole rings is 1. The fraction of sp³-hybridized carbons (Fsp3) is 0.250. The van der Waals surface area contributed by atoms with E-state index in [9.17, 15) is 12.8 Å². The van der Waals surface area contributed by atoms with Gasteiger partial charge in [-0.25, -0.2) is 17.8 Å². The average Bonchev–Trinajstić information content (AvgIpc) is 2.80. The Bertz CT molecular complexity index is 715. The van der Waals surface area contributed by atoms with Crippen molar-refractivity contribution in [2.45, 2.75) is 24.3 Å². The van der Waals surface area contributed by atoms with Crippen LogP contribution in [0.25, 0.3) is 0 Å². The maximum Gasteiger partial charge on any atom is 0.244 e. The fourth-order valence-corrected chi connectivity index (χ4v) is 4.22. The molecule has 0 saturated carbocycles. The zero-order valence-electron chi connectivity index (χ0n) is 10.7. The van der Waals surface area contributed by atoms with Crippen LogP contribution in [0.3, 0.4) is 0 Å². The van der Waals surface area contributed by atoms with E-state index in [0.717, 1.165) is 6.07 Å². The van der Waals surface area contributed by atoms with E-state index in [4.69, 9.17) is 0 Å². The fourth-order valence-electron chi connectivity index (χ4n) is 1.66. The van der Waals surface area contributed by atoms with E-state index < -0.39 is 21.4 Å². The second-order valence-corrected chi connectivity index (χ2v) is 8.10. The molecule has 1 aromatic heterocycles. The Kier molecular flexibility index (Phi) is 4.29. The van der Waals surface area contributed by atoms with E-state index in [0.29, 0.717) is 9.48 Å². The summed E-state index contributed by atoms with van der Waals surface area (Å²) in [5.74, 6) is -0.804. The highest BCUT2D eigenvalue weighted by Gasteiger charge is 2.31. The Morgan fingerprint density at radius 2 is 2.10 bits per heavy atom. The van der Waals surface area contributed by atoms with Gasteiger partial charge in [-0.3, -0.25) is 0 Å². The lowest BCUT2D eigenvalue weighted by molar-refractivity contribution is 0.466. The van der Waals surface area contributed by atoms with Crippen molar-refractivity contribution < 1.29 is 12.8 Å². The summed E-state index contributed by atoms with van der Waals surface area (Å²) in [6.07, 6.45) is 1.59. The van der Waals surface area contributed by atoms with Crippen LogP contribution < -0.4 is 4.72 Å². The summed E-state index contributed by atoms with van der Waals surface area (Å²) in [7, 11) is -3.97. The number of nitrogens with one attached hydrogen (secondary N) is 1. The lowest BCUT2D eigenvalue weighted by atomic mass is 10.1. The number of sulfonamides is 1. The van der Waals surface area contributed by atoms with Crippen molar-refractivity contribution >= 4 is 37.3 Å². The molecule has 0 spiro atoms. The predicted molar refractivity (Wildman–Crippen MR) is 79.6 cm³/mol. The van der Waals surface area contributed by atoms with Gasteiger partial charge in [0.2, 0.25) is 10.0 Å². The molecule has 1 N–H and O–H groups in total. The van der Waals surface area contributed by atoms with Gasteiger partial charge in [-0.1, -0.05) is 15.9 Å². The van der Waals surface area contributed by atoms with Gasteiger partial charge in [0.15, 0.2) is 0 Å². The third-order valence-electron chi connectivity index (χ3n) is 2.54. The molecule has 2 aromatic rings. The molecule has 0 unspecified atom stereocenters. The van der Waals surface area contributed by atoms with Crippen molar-refractivity contribution in [1.82, 2.24) is 9.71 Å². The normalized spacial score (nSPS) is 12.6. The first-order valence-corrected chi connectivity index (χ1v) is 8.77. The van der Waals surface area contributed by atoms with Crippen LogP contribution in [0.5, 0.6) is 0 Å². The Balaban J connectivity index is 2.37. The summed E-state index contributed by atoms with van der Waals surface area (Å²) >= 11 is 4.43. The van der Waals surface area contributed by atoms with Crippen LogP contribution in [0.2, 0.25) is 0 Å². The van der Waals surface area contributed by atoms with Gasteiger partial charge in [0.05, 0.1) is 5.54 Å². The molecule has 1 aromatic carbocycles. The van der Waals surface area contributed by atoms with Crippen molar-refractivity contribution in [2.24, 2.45) is 0 Å². The second-order valence-electron chi connectivity index (χ2n) is 4.64. The van der Waals surface area contributed by atoms with E-state index in [2.05, 4.69) is 25.6 Å². The summed E-state index contributed by atoms with van der Waals surface area (Å²) in [4.78, 5) is 3.71. The summed E-state index contributed by atoms with van der Waals surface area (Å²) in [5.41, 5.74) is -0.910. The number of hydrogen-bond donors (Lipinski definition) is 1. The first kappa shape index (κ1) is 15.6. The summed E-state index contributed by atoms with van der Waals surface area (Å²) < 4.78 is 41.3. The van der Waals surface area contributed by atoms with Crippen molar-refractivity contribution in [3.63, 3.8) is 0 Å². The van der Waals surface area contributed by atoms with Gasteiger partial charge in [-0.15, -0.1) is 11.3 Å². The standard InChI is InChI=1S/C12H12BrFN2O2S2/c1-12(2,11-15-5-6-19-11)16-20(17,18)10-4-3-8(13)7-9(10)14/h3-7,16H,1-2H3. The van der Waals surface area contributed by atoms with Crippen LogP contribution >= 0.6 is 27.3 Å². The number of nitrogens with zero attached hydrogens (tertiary/aromatic N) is 1. The molecule has 0 radical (unpaired) electrons. The average molecular weight is 379 g/mol. The van der Waals surface area contributed by atoms with Crippen LogP contribution in [-0.4, -0.2) is 13.4 Å². The van der Waals surface area contributed by atoms with Gasteiger partial charge in [0.1, 0.15) is 15.7 Å². The molecule has 0 fully saturated rings. The van der Waals surface area contributed by atoms with Crippen molar-refractivity contribution in [3.8, 4) is 0 Å². The maximum absolute atomic E-state index is 13.8. The minimum atomic E-state index is -3.97. The van der Waals surface area contributed by atoms with Gasteiger partial charge >= 0.3 is 0 Å². The number of hydrogen-bond acceptors (Lipinski definition) is 4. The molecule has 20 heavy (non-hydrogen) atoms. The minimum absolute atomic E-state index is 0.384. The number of benzene rings is 1. The minimum Gasteiger partial charge on any atom is -0.248 e. The lowest BCUT2D eigenvalue weighted by Crippen LogP contribution is -2.41. The topological polar surface area (TPSA) is 59.1 Å². The van der Waals surface area contributed by atoms with E-state index in [1.807, 2.05) is 0 Å². The third-order valence-corrected chi connectivity index (χ3v) is 5.82. The van der Waals surface area contributed by atoms with Gasteiger partial charge in [-0.05, 0) is 32.0 Å². The van der Waals surface area contributed by atoms with Crippen molar-refractivity contribution in [2.75, 3.05) is 0 Å². The first-order chi connectivity index (χ1) is 9.22. The molecule has 0 atom stereocenters. The molecule has 0 bridgehead atoms. The molecule has 0 aliphatic rings. The Morgan fingerprint density at radius 3 is 2.65 bits per heavy atom. The Morgan fingerprint density at radius 1 is 1.40 bits per heavy atom. The molecular formula is C12H12BrFN2O2S2. The number of rotatable bonds is 4. The molecule has 0 aliphatic heterocycles. The maximum atomic E-state index is 13.8. The predicted octanol–water partition coefficient (Wildman–Crippen LogP) is 3.26. The van der Waals surface area contributed by atoms with Crippen molar-refractivity contribution in [3.05, 3.63) is 45.1 Å². The Labute approximate surface area is 129 Å². The summed E-state index contributed by atoms with van der Waals surface area (Å²) in [6.45, 7) is 3.36. The van der Waals surface area contributed by atoms with Crippen LogP contribution in [0.1, 0.15) is 18.9 Å². The smallest absolute Gasteiger partial charge is 0.244 e. The molecule has 0 amide bonds. The van der Waals surface area contributed by atoms with Crippen LogP contribution in [-0.2, 0) is 15.6 Å². The van der Waals surface area contributed by atoms with Gasteiger partial charge in [-0.2, -0.15) is 4.72 Å². The van der Waals surface area contributed by atoms with E-state index in [-0.39, 0.29) is 4.90 Å². The van der Waals surface area contributed by atoms with Crippen LogP contribution in [0.4, 0.5) is 4.39 Å². The first-order valence-electron chi connectivity index (χ1n) is 5.61. The van der Waals surface area contributed by atoms with Gasteiger partial charge < -0.3 is 0 Å². The van der Waals surface area contributed by atoms with E-state index in [1.165, 1.54) is 23.5 Å². The Hall–Kier alpha value is -0.830. The zero-order chi connectivity index (χ0) is 15.0. The highest BCUT2D eigenvalue weighted by molar-refractivity contribution is 9.10. The van der Waals surface area contributed by atoms with Crippen molar-refractivity contribution in [1.29, 1.82) is 0 Å². The molecular weight excluding hydrogens is 367 g/mol. The SMILES string of the molecule is CC(C)(NS(=O)(=O)c1ccc(Br)cc1F)c1nccs1. The number of halogens is 2.